The van der Waals surface area contributed by atoms with Crippen molar-refractivity contribution in [1.82, 2.24) is 5.32 Å². The van der Waals surface area contributed by atoms with E-state index >= 15 is 0 Å². The van der Waals surface area contributed by atoms with Crippen LogP contribution in [0.1, 0.15) is 42.1 Å². The first-order chi connectivity index (χ1) is 8.09. The fraction of sp³-hybridized carbons (Fsp3) is 0.500. The van der Waals surface area contributed by atoms with Crippen molar-refractivity contribution in [2.24, 2.45) is 5.92 Å². The second kappa shape index (κ2) is 4.86. The van der Waals surface area contributed by atoms with E-state index in [2.05, 4.69) is 5.32 Å². The van der Waals surface area contributed by atoms with Crippen LogP contribution in [0.2, 0.25) is 0 Å². The third-order valence-electron chi connectivity index (χ3n) is 3.65. The van der Waals surface area contributed by atoms with Gasteiger partial charge in [0.05, 0.1) is 5.56 Å². The van der Waals surface area contributed by atoms with Gasteiger partial charge in [0, 0.05) is 6.04 Å². The topological polar surface area (TPSA) is 29.1 Å². The first-order valence-corrected chi connectivity index (χ1v) is 6.15. The zero-order chi connectivity index (χ0) is 12.4. The van der Waals surface area contributed by atoms with E-state index in [1.807, 2.05) is 6.92 Å². The van der Waals surface area contributed by atoms with Gasteiger partial charge in [-0.3, -0.25) is 4.79 Å². The van der Waals surface area contributed by atoms with Gasteiger partial charge in [-0.1, -0.05) is 18.6 Å². The fourth-order valence-corrected chi connectivity index (χ4v) is 2.16. The van der Waals surface area contributed by atoms with Crippen LogP contribution in [0.25, 0.3) is 0 Å². The lowest BCUT2D eigenvalue weighted by atomic mass is 9.80. The number of benzene rings is 1. The molecule has 0 bridgehead atoms. The molecule has 2 rings (SSSR count). The fourth-order valence-electron chi connectivity index (χ4n) is 2.16. The van der Waals surface area contributed by atoms with Crippen LogP contribution in [0.15, 0.2) is 18.2 Å². The summed E-state index contributed by atoms with van der Waals surface area (Å²) in [6.45, 7) is 3.66. The minimum absolute atomic E-state index is 0.135. The number of carbonyl (C=O) groups is 1. The molecule has 1 fully saturated rings. The molecule has 0 aromatic heterocycles. The second-order valence-electron chi connectivity index (χ2n) is 4.89. The lowest BCUT2D eigenvalue weighted by Gasteiger charge is -2.31. The number of amides is 1. The molecule has 92 valence electrons. The van der Waals surface area contributed by atoms with Crippen LogP contribution in [0.4, 0.5) is 4.39 Å². The number of hydrogen-bond acceptors (Lipinski definition) is 1. The maximum atomic E-state index is 13.7. The highest BCUT2D eigenvalue weighted by Gasteiger charge is 2.26. The van der Waals surface area contributed by atoms with Crippen LogP contribution in [0, 0.1) is 18.7 Å². The standard InChI is InChI=1S/C14H18FNO/c1-9-5-3-8-12(13(9)15)14(17)16-10(2)11-6-4-7-11/h3,5,8,10-11H,4,6-7H2,1-2H3,(H,16,17). The molecule has 0 aliphatic heterocycles. The van der Waals surface area contributed by atoms with Gasteiger partial charge in [0.25, 0.3) is 5.91 Å². The van der Waals surface area contributed by atoms with E-state index in [9.17, 15) is 9.18 Å². The molecule has 3 heteroatoms. The van der Waals surface area contributed by atoms with Gasteiger partial charge in [0.1, 0.15) is 5.82 Å². The Morgan fingerprint density at radius 3 is 2.76 bits per heavy atom. The Balaban J connectivity index is 2.06. The van der Waals surface area contributed by atoms with Crippen molar-refractivity contribution in [2.75, 3.05) is 0 Å². The molecule has 1 atom stereocenters. The van der Waals surface area contributed by atoms with E-state index in [4.69, 9.17) is 0 Å². The average molecular weight is 235 g/mol. The molecule has 17 heavy (non-hydrogen) atoms. The third-order valence-corrected chi connectivity index (χ3v) is 3.65. The summed E-state index contributed by atoms with van der Waals surface area (Å²) in [6, 6.07) is 5.05. The SMILES string of the molecule is Cc1cccc(C(=O)NC(C)C2CCC2)c1F. The average Bonchev–Trinajstić information content (AvgIpc) is 2.19. The molecule has 1 aromatic carbocycles. The number of rotatable bonds is 3. The monoisotopic (exact) mass is 235 g/mol. The van der Waals surface area contributed by atoms with E-state index in [1.165, 1.54) is 12.5 Å². The molecule has 1 amide bonds. The number of aryl methyl sites for hydroxylation is 1. The predicted molar refractivity (Wildman–Crippen MR) is 65.4 cm³/mol. The molecule has 0 spiro atoms. The van der Waals surface area contributed by atoms with Crippen molar-refractivity contribution in [3.63, 3.8) is 0 Å². The van der Waals surface area contributed by atoms with Crippen molar-refractivity contribution in [1.29, 1.82) is 0 Å². The summed E-state index contributed by atoms with van der Waals surface area (Å²) < 4.78 is 13.7. The smallest absolute Gasteiger partial charge is 0.254 e. The van der Waals surface area contributed by atoms with Gasteiger partial charge in [-0.2, -0.15) is 0 Å². The number of carbonyl (C=O) groups excluding carboxylic acids is 1. The van der Waals surface area contributed by atoms with E-state index in [1.54, 1.807) is 19.1 Å². The quantitative estimate of drug-likeness (QED) is 0.857. The van der Waals surface area contributed by atoms with Crippen molar-refractivity contribution < 1.29 is 9.18 Å². The molecule has 1 aliphatic carbocycles. The number of nitrogens with one attached hydrogen (secondary N) is 1. The Morgan fingerprint density at radius 1 is 1.47 bits per heavy atom. The summed E-state index contributed by atoms with van der Waals surface area (Å²) in [5, 5.41) is 2.89. The van der Waals surface area contributed by atoms with Crippen LogP contribution in [-0.2, 0) is 0 Å². The van der Waals surface area contributed by atoms with Gasteiger partial charge in [0.2, 0.25) is 0 Å². The van der Waals surface area contributed by atoms with Crippen LogP contribution in [0.5, 0.6) is 0 Å². The summed E-state index contributed by atoms with van der Waals surface area (Å²) in [6.07, 6.45) is 3.57. The molecule has 1 unspecified atom stereocenters. The molecule has 1 aromatic rings. The van der Waals surface area contributed by atoms with Gasteiger partial charge in [-0.15, -0.1) is 0 Å². The van der Waals surface area contributed by atoms with Gasteiger partial charge < -0.3 is 5.32 Å². The van der Waals surface area contributed by atoms with Crippen molar-refractivity contribution >= 4 is 5.91 Å². The maximum Gasteiger partial charge on any atom is 0.254 e. The molecule has 1 aliphatic rings. The van der Waals surface area contributed by atoms with Crippen LogP contribution in [0.3, 0.4) is 0 Å². The van der Waals surface area contributed by atoms with Gasteiger partial charge >= 0.3 is 0 Å². The van der Waals surface area contributed by atoms with Crippen molar-refractivity contribution in [2.45, 2.75) is 39.2 Å². The molecule has 0 saturated heterocycles. The maximum absolute atomic E-state index is 13.7. The minimum Gasteiger partial charge on any atom is -0.349 e. The summed E-state index contributed by atoms with van der Waals surface area (Å²) >= 11 is 0. The highest BCUT2D eigenvalue weighted by molar-refractivity contribution is 5.94. The van der Waals surface area contributed by atoms with Crippen molar-refractivity contribution in [3.05, 3.63) is 35.1 Å². The highest BCUT2D eigenvalue weighted by atomic mass is 19.1. The summed E-state index contributed by atoms with van der Waals surface area (Å²) in [5.41, 5.74) is 0.658. The normalized spacial score (nSPS) is 17.4. The van der Waals surface area contributed by atoms with E-state index in [-0.39, 0.29) is 17.5 Å². The van der Waals surface area contributed by atoms with Crippen LogP contribution >= 0.6 is 0 Å². The Hall–Kier alpha value is -1.38. The zero-order valence-corrected chi connectivity index (χ0v) is 10.3. The van der Waals surface area contributed by atoms with Crippen LogP contribution in [-0.4, -0.2) is 11.9 Å². The molecule has 1 saturated carbocycles. The minimum atomic E-state index is -0.411. The first kappa shape index (κ1) is 12.1. The summed E-state index contributed by atoms with van der Waals surface area (Å²) in [4.78, 5) is 11.9. The summed E-state index contributed by atoms with van der Waals surface area (Å²) in [5.74, 6) is -0.150. The molecular formula is C14H18FNO. The Kier molecular flexibility index (Phi) is 3.46. The lowest BCUT2D eigenvalue weighted by Crippen LogP contribution is -2.41. The zero-order valence-electron chi connectivity index (χ0n) is 10.3. The van der Waals surface area contributed by atoms with Gasteiger partial charge in [-0.25, -0.2) is 4.39 Å². The van der Waals surface area contributed by atoms with E-state index in [0.29, 0.717) is 11.5 Å². The third kappa shape index (κ3) is 2.48. The molecule has 2 nitrogen and oxygen atoms in total. The van der Waals surface area contributed by atoms with Crippen molar-refractivity contribution in [3.8, 4) is 0 Å². The van der Waals surface area contributed by atoms with E-state index in [0.717, 1.165) is 12.8 Å². The Bertz CT molecular complexity index is 426. The van der Waals surface area contributed by atoms with E-state index < -0.39 is 5.82 Å². The lowest BCUT2D eigenvalue weighted by molar-refractivity contribution is 0.0905. The molecule has 0 radical (unpaired) electrons. The first-order valence-electron chi connectivity index (χ1n) is 6.15. The Labute approximate surface area is 101 Å². The largest absolute Gasteiger partial charge is 0.349 e. The molecule has 0 heterocycles. The number of hydrogen-bond donors (Lipinski definition) is 1. The number of halogens is 1. The molecular weight excluding hydrogens is 217 g/mol. The molecule has 1 N–H and O–H groups in total. The Morgan fingerprint density at radius 2 is 2.18 bits per heavy atom. The highest BCUT2D eigenvalue weighted by Crippen LogP contribution is 2.29. The van der Waals surface area contributed by atoms with Gasteiger partial charge in [-0.05, 0) is 44.2 Å². The second-order valence-corrected chi connectivity index (χ2v) is 4.89. The van der Waals surface area contributed by atoms with Crippen LogP contribution < -0.4 is 5.32 Å². The summed E-state index contributed by atoms with van der Waals surface area (Å²) in [7, 11) is 0. The van der Waals surface area contributed by atoms with Gasteiger partial charge in [0.15, 0.2) is 0 Å². The predicted octanol–water partition coefficient (Wildman–Crippen LogP) is 3.05.